The van der Waals surface area contributed by atoms with Gasteiger partial charge in [0.1, 0.15) is 30.1 Å². The van der Waals surface area contributed by atoms with Crippen LogP contribution in [0.25, 0.3) is 17.0 Å². The van der Waals surface area contributed by atoms with Gasteiger partial charge in [0.25, 0.3) is 0 Å². The van der Waals surface area contributed by atoms with Crippen LogP contribution in [0.15, 0.2) is 78.7 Å². The van der Waals surface area contributed by atoms with Crippen LogP contribution < -0.4 is 15.4 Å². The summed E-state index contributed by atoms with van der Waals surface area (Å²) in [5, 5.41) is 9.59. The number of imidazole rings is 1. The smallest absolute Gasteiger partial charge is 0.140 e. The summed E-state index contributed by atoms with van der Waals surface area (Å²) in [5.41, 5.74) is 11.3. The molecular formula is C26H29N9O. The average molecular weight is 484 g/mol. The summed E-state index contributed by atoms with van der Waals surface area (Å²) in [6, 6.07) is 13.9. The van der Waals surface area contributed by atoms with Gasteiger partial charge in [0, 0.05) is 43.3 Å². The van der Waals surface area contributed by atoms with Crippen molar-refractivity contribution in [2.24, 2.45) is 5.11 Å². The van der Waals surface area contributed by atoms with Gasteiger partial charge in [0.15, 0.2) is 0 Å². The molecular weight excluding hydrogens is 454 g/mol. The zero-order valence-corrected chi connectivity index (χ0v) is 20.0. The highest BCUT2D eigenvalue weighted by Crippen LogP contribution is 2.23. The van der Waals surface area contributed by atoms with Crippen molar-refractivity contribution in [2.45, 2.75) is 19.4 Å². The van der Waals surface area contributed by atoms with Gasteiger partial charge < -0.3 is 15.4 Å². The Hall–Kier alpha value is -4.31. The second kappa shape index (κ2) is 11.4. The van der Waals surface area contributed by atoms with Gasteiger partial charge in [-0.2, -0.15) is 5.11 Å². The molecule has 4 heterocycles. The lowest BCUT2D eigenvalue weighted by Gasteiger charge is -2.15. The van der Waals surface area contributed by atoms with E-state index in [4.69, 9.17) is 10.3 Å². The molecule has 36 heavy (non-hydrogen) atoms. The first-order valence-corrected chi connectivity index (χ1v) is 12.0. The molecule has 5 rings (SSSR count). The molecule has 0 unspecified atom stereocenters. The molecule has 1 aliphatic rings. The predicted octanol–water partition coefficient (Wildman–Crippen LogP) is 4.79. The summed E-state index contributed by atoms with van der Waals surface area (Å²) >= 11 is 0. The fraction of sp³-hybridized carbons (Fsp3) is 0.269. The van der Waals surface area contributed by atoms with Crippen molar-refractivity contribution in [1.29, 1.82) is 5.53 Å². The van der Waals surface area contributed by atoms with Crippen LogP contribution in [-0.4, -0.2) is 50.5 Å². The average Bonchev–Trinajstić information content (AvgIpc) is 3.58. The molecule has 0 radical (unpaired) electrons. The molecule has 0 spiro atoms. The minimum atomic E-state index is 0.625. The van der Waals surface area contributed by atoms with Gasteiger partial charge in [-0.15, -0.1) is 0 Å². The Labute approximate surface area is 209 Å². The molecule has 3 aromatic heterocycles. The number of likely N-dealkylation sites (tertiary alicyclic amines) is 1. The van der Waals surface area contributed by atoms with E-state index in [0.29, 0.717) is 13.2 Å². The summed E-state index contributed by atoms with van der Waals surface area (Å²) in [7, 11) is 0. The number of pyridine rings is 1. The third kappa shape index (κ3) is 5.84. The van der Waals surface area contributed by atoms with Crippen molar-refractivity contribution in [2.75, 3.05) is 36.9 Å². The maximum absolute atomic E-state index is 6.76. The van der Waals surface area contributed by atoms with Crippen LogP contribution >= 0.6 is 0 Å². The lowest BCUT2D eigenvalue weighted by Crippen LogP contribution is -2.25. The van der Waals surface area contributed by atoms with E-state index >= 15 is 0 Å². The fourth-order valence-corrected chi connectivity index (χ4v) is 4.22. The zero-order valence-electron chi connectivity index (χ0n) is 20.0. The SMILES string of the molecule is N=N/C=C\Nc1ccc(CNc2cc(-c3cnc4cc(OCCN5CCCC5)ccn34)ncn2)cc1. The van der Waals surface area contributed by atoms with Crippen molar-refractivity contribution in [3.05, 3.63) is 79.1 Å². The van der Waals surface area contributed by atoms with E-state index < -0.39 is 0 Å². The molecule has 0 atom stereocenters. The summed E-state index contributed by atoms with van der Waals surface area (Å²) in [6.45, 7) is 4.62. The van der Waals surface area contributed by atoms with Crippen LogP contribution in [0.3, 0.4) is 0 Å². The fourth-order valence-electron chi connectivity index (χ4n) is 4.22. The first kappa shape index (κ1) is 23.4. The number of nitrogens with one attached hydrogen (secondary N) is 3. The molecule has 3 N–H and O–H groups in total. The lowest BCUT2D eigenvalue weighted by atomic mass is 10.2. The number of benzene rings is 1. The summed E-state index contributed by atoms with van der Waals surface area (Å²) in [6.07, 6.45) is 10.9. The van der Waals surface area contributed by atoms with Crippen molar-refractivity contribution in [3.8, 4) is 17.1 Å². The van der Waals surface area contributed by atoms with Gasteiger partial charge in [-0.25, -0.2) is 20.5 Å². The van der Waals surface area contributed by atoms with Gasteiger partial charge in [0.05, 0.1) is 23.8 Å². The normalized spacial score (nSPS) is 13.9. The Kier molecular flexibility index (Phi) is 7.43. The molecule has 1 fully saturated rings. The number of aromatic nitrogens is 4. The van der Waals surface area contributed by atoms with Gasteiger partial charge in [-0.05, 0) is 49.7 Å². The number of fused-ring (bicyclic) bond motifs is 1. The maximum atomic E-state index is 6.76. The standard InChI is InChI=1S/C26H29N9O/c27-33-9-8-28-21-5-3-20(4-6-21)17-29-25-16-23(31-19-32-25)24-18-30-26-15-22(7-12-35(24)26)36-14-13-34-10-1-2-11-34/h3-9,12,15-16,18-19,27-28H,1-2,10-11,13-14,17H2,(H,29,31,32)/b9-8-,33-27?. The van der Waals surface area contributed by atoms with Crippen molar-refractivity contribution in [1.82, 2.24) is 24.3 Å². The topological polar surface area (TPSA) is 116 Å². The largest absolute Gasteiger partial charge is 0.492 e. The minimum absolute atomic E-state index is 0.625. The van der Waals surface area contributed by atoms with E-state index in [-0.39, 0.29) is 0 Å². The molecule has 0 bridgehead atoms. The highest BCUT2D eigenvalue weighted by molar-refractivity contribution is 5.63. The lowest BCUT2D eigenvalue weighted by molar-refractivity contribution is 0.238. The van der Waals surface area contributed by atoms with E-state index in [1.165, 1.54) is 32.1 Å². The van der Waals surface area contributed by atoms with E-state index in [1.807, 2.05) is 59.3 Å². The Morgan fingerprint density at radius 3 is 2.75 bits per heavy atom. The molecule has 1 aromatic carbocycles. The van der Waals surface area contributed by atoms with Gasteiger partial charge in [0.2, 0.25) is 0 Å². The second-order valence-electron chi connectivity index (χ2n) is 8.56. The second-order valence-corrected chi connectivity index (χ2v) is 8.56. The third-order valence-electron chi connectivity index (χ3n) is 6.12. The third-order valence-corrected chi connectivity index (χ3v) is 6.12. The predicted molar refractivity (Wildman–Crippen MR) is 139 cm³/mol. The number of hydrogen-bond donors (Lipinski definition) is 3. The van der Waals surface area contributed by atoms with Crippen LogP contribution in [-0.2, 0) is 6.54 Å². The highest BCUT2D eigenvalue weighted by atomic mass is 16.5. The molecule has 1 aliphatic heterocycles. The molecule has 4 aromatic rings. The molecule has 0 saturated carbocycles. The van der Waals surface area contributed by atoms with Crippen molar-refractivity contribution < 1.29 is 4.74 Å². The quantitative estimate of drug-likeness (QED) is 0.263. The van der Waals surface area contributed by atoms with E-state index in [0.717, 1.165) is 46.4 Å². The summed E-state index contributed by atoms with van der Waals surface area (Å²) in [4.78, 5) is 15.8. The number of nitrogens with zero attached hydrogens (tertiary/aromatic N) is 6. The van der Waals surface area contributed by atoms with Crippen LogP contribution in [0.4, 0.5) is 11.5 Å². The van der Waals surface area contributed by atoms with Crippen LogP contribution in [0.5, 0.6) is 5.75 Å². The first-order valence-electron chi connectivity index (χ1n) is 12.0. The number of ether oxygens (including phenoxy) is 1. The van der Waals surface area contributed by atoms with E-state index in [9.17, 15) is 0 Å². The van der Waals surface area contributed by atoms with Crippen molar-refractivity contribution in [3.63, 3.8) is 0 Å². The Balaban J connectivity index is 1.21. The number of rotatable bonds is 11. The first-order chi connectivity index (χ1) is 17.8. The van der Waals surface area contributed by atoms with Gasteiger partial charge in [-0.1, -0.05) is 12.1 Å². The maximum Gasteiger partial charge on any atom is 0.140 e. The molecule has 10 heteroatoms. The Bertz CT molecular complexity index is 1330. The highest BCUT2D eigenvalue weighted by Gasteiger charge is 2.12. The summed E-state index contributed by atoms with van der Waals surface area (Å²) in [5.74, 6) is 1.56. The monoisotopic (exact) mass is 483 g/mol. The number of anilines is 2. The number of hydrogen-bond acceptors (Lipinski definition) is 9. The van der Waals surface area contributed by atoms with Gasteiger partial charge >= 0.3 is 0 Å². The Morgan fingerprint density at radius 2 is 1.92 bits per heavy atom. The molecule has 184 valence electrons. The Morgan fingerprint density at radius 1 is 1.06 bits per heavy atom. The van der Waals surface area contributed by atoms with E-state index in [2.05, 4.69) is 35.6 Å². The van der Waals surface area contributed by atoms with Gasteiger partial charge in [-0.3, -0.25) is 9.30 Å². The van der Waals surface area contributed by atoms with Crippen LogP contribution in [0, 0.1) is 5.53 Å². The molecule has 10 nitrogen and oxygen atoms in total. The molecule has 1 saturated heterocycles. The van der Waals surface area contributed by atoms with Crippen LogP contribution in [0.2, 0.25) is 0 Å². The summed E-state index contributed by atoms with van der Waals surface area (Å²) < 4.78 is 7.97. The van der Waals surface area contributed by atoms with E-state index in [1.54, 1.807) is 12.5 Å². The van der Waals surface area contributed by atoms with Crippen LogP contribution in [0.1, 0.15) is 18.4 Å². The molecule has 0 aliphatic carbocycles. The zero-order chi connectivity index (χ0) is 24.6. The molecule has 0 amide bonds. The minimum Gasteiger partial charge on any atom is -0.492 e. The van der Waals surface area contributed by atoms with Crippen molar-refractivity contribution >= 4 is 17.2 Å².